The van der Waals surface area contributed by atoms with E-state index in [0.717, 1.165) is 0 Å². The van der Waals surface area contributed by atoms with Crippen molar-refractivity contribution in [2.75, 3.05) is 0 Å². The van der Waals surface area contributed by atoms with E-state index < -0.39 is 28.3 Å². The number of hydrogen-bond acceptors (Lipinski definition) is 4. The smallest absolute Gasteiger partial charge is 0.172 e. The fourth-order valence-corrected chi connectivity index (χ4v) is 3.30. The van der Waals surface area contributed by atoms with Gasteiger partial charge in [0.1, 0.15) is 17.0 Å². The van der Waals surface area contributed by atoms with Crippen LogP contribution < -0.4 is 0 Å². The van der Waals surface area contributed by atoms with Crippen molar-refractivity contribution < 1.29 is 9.59 Å². The summed E-state index contributed by atoms with van der Waals surface area (Å²) in [6, 6.07) is 10.3. The molecule has 0 N–H and O–H groups in total. The third-order valence-electron chi connectivity index (χ3n) is 4.07. The zero-order chi connectivity index (χ0) is 15.1. The van der Waals surface area contributed by atoms with E-state index in [0.29, 0.717) is 10.6 Å². The normalized spacial score (nSPS) is 21.4. The monoisotopic (exact) mass is 286 g/mol. The highest BCUT2D eigenvalue weighted by Crippen LogP contribution is 2.74. The average molecular weight is 287 g/mol. The number of benzene rings is 1. The fourth-order valence-electron chi connectivity index (χ4n) is 3.17. The van der Waals surface area contributed by atoms with E-state index in [1.165, 1.54) is 13.8 Å². The first-order valence-electron chi connectivity index (χ1n) is 5.98. The van der Waals surface area contributed by atoms with Crippen LogP contribution >= 0.6 is 11.6 Å². The van der Waals surface area contributed by atoms with Gasteiger partial charge in [0.2, 0.25) is 0 Å². The molecule has 0 heterocycles. The lowest BCUT2D eigenvalue weighted by Gasteiger charge is -2.09. The van der Waals surface area contributed by atoms with E-state index in [9.17, 15) is 20.1 Å². The van der Waals surface area contributed by atoms with Gasteiger partial charge in [-0.15, -0.1) is 0 Å². The van der Waals surface area contributed by atoms with Gasteiger partial charge in [-0.05, 0) is 31.5 Å². The van der Waals surface area contributed by atoms with Crippen LogP contribution in [0.15, 0.2) is 24.3 Å². The number of carbonyl (C=O) groups excluding carboxylic acids is 2. The number of nitriles is 2. The van der Waals surface area contributed by atoms with E-state index in [-0.39, 0.29) is 0 Å². The van der Waals surface area contributed by atoms with E-state index in [1.54, 1.807) is 24.3 Å². The van der Waals surface area contributed by atoms with Gasteiger partial charge in [-0.25, -0.2) is 0 Å². The number of rotatable bonds is 3. The van der Waals surface area contributed by atoms with Crippen LogP contribution in [0.25, 0.3) is 0 Å². The van der Waals surface area contributed by atoms with Crippen molar-refractivity contribution >= 4 is 23.2 Å². The van der Waals surface area contributed by atoms with Gasteiger partial charge < -0.3 is 0 Å². The molecule has 5 heteroatoms. The maximum Gasteiger partial charge on any atom is 0.172 e. The van der Waals surface area contributed by atoms with Crippen LogP contribution in [-0.2, 0) is 9.59 Å². The summed E-state index contributed by atoms with van der Waals surface area (Å²) in [4.78, 5) is 24.0. The lowest BCUT2D eigenvalue weighted by atomic mass is 9.87. The van der Waals surface area contributed by atoms with Crippen LogP contribution in [0.5, 0.6) is 0 Å². The van der Waals surface area contributed by atoms with Crippen molar-refractivity contribution in [3.05, 3.63) is 34.9 Å². The third kappa shape index (κ3) is 1.46. The first-order valence-corrected chi connectivity index (χ1v) is 6.36. The molecule has 0 spiro atoms. The molecule has 1 saturated carbocycles. The molecule has 100 valence electrons. The van der Waals surface area contributed by atoms with Gasteiger partial charge in [0.25, 0.3) is 0 Å². The van der Waals surface area contributed by atoms with Crippen molar-refractivity contribution in [1.29, 1.82) is 10.5 Å². The molecule has 0 aliphatic heterocycles. The first kappa shape index (κ1) is 14.2. The molecule has 1 fully saturated rings. The summed E-state index contributed by atoms with van der Waals surface area (Å²) in [6.45, 7) is 2.50. The first-order chi connectivity index (χ1) is 9.38. The van der Waals surface area contributed by atoms with Crippen LogP contribution in [0.1, 0.15) is 25.3 Å². The Hall–Kier alpha value is -2.17. The predicted octanol–water partition coefficient (Wildman–Crippen LogP) is 2.64. The largest absolute Gasteiger partial charge is 0.299 e. The Morgan fingerprint density at radius 2 is 1.55 bits per heavy atom. The van der Waals surface area contributed by atoms with Crippen molar-refractivity contribution in [3.63, 3.8) is 0 Å². The number of hydrogen-bond donors (Lipinski definition) is 0. The van der Waals surface area contributed by atoms with Crippen LogP contribution in [-0.4, -0.2) is 11.6 Å². The molecule has 0 unspecified atom stereocenters. The molecule has 0 amide bonds. The molecule has 4 nitrogen and oxygen atoms in total. The van der Waals surface area contributed by atoms with Gasteiger partial charge in [-0.1, -0.05) is 23.7 Å². The van der Waals surface area contributed by atoms with Crippen LogP contribution in [0.2, 0.25) is 5.02 Å². The van der Waals surface area contributed by atoms with Gasteiger partial charge in [0, 0.05) is 10.9 Å². The Labute approximate surface area is 121 Å². The molecule has 0 bridgehead atoms. The van der Waals surface area contributed by atoms with Crippen molar-refractivity contribution in [2.24, 2.45) is 10.8 Å². The SMILES string of the molecule is CC(=O)C1(C(C)=O)[C@@H](c2ccc(Cl)cc2)C1(C#N)C#N. The standard InChI is InChI=1S/C15H11ClN2O2/c1-9(19)15(10(2)20)13(14(15,7-17)8-18)11-3-5-12(16)6-4-11/h3-6,13H,1-2H3/t13-/m0/s1. The molecule has 1 aromatic carbocycles. The minimum absolute atomic E-state index is 0.451. The summed E-state index contributed by atoms with van der Waals surface area (Å²) in [5.74, 6) is -1.64. The highest BCUT2D eigenvalue weighted by Gasteiger charge is 2.84. The quantitative estimate of drug-likeness (QED) is 0.800. The highest BCUT2D eigenvalue weighted by molar-refractivity contribution is 6.30. The summed E-state index contributed by atoms with van der Waals surface area (Å²) in [5.41, 5.74) is -2.59. The lowest BCUT2D eigenvalue weighted by molar-refractivity contribution is -0.133. The maximum atomic E-state index is 12.0. The van der Waals surface area contributed by atoms with Crippen molar-refractivity contribution in [3.8, 4) is 12.1 Å². The number of Topliss-reactive ketones (excluding diaryl/α,β-unsaturated/α-hetero) is 2. The zero-order valence-corrected chi connectivity index (χ0v) is 11.7. The van der Waals surface area contributed by atoms with Gasteiger partial charge >= 0.3 is 0 Å². The Morgan fingerprint density at radius 1 is 1.10 bits per heavy atom. The van der Waals surface area contributed by atoms with Gasteiger partial charge in [-0.2, -0.15) is 10.5 Å². The van der Waals surface area contributed by atoms with E-state index in [2.05, 4.69) is 0 Å². The summed E-state index contributed by atoms with van der Waals surface area (Å²) >= 11 is 5.81. The Bertz CT molecular complexity index is 651. The summed E-state index contributed by atoms with van der Waals surface area (Å²) in [6.07, 6.45) is 0. The maximum absolute atomic E-state index is 12.0. The molecule has 2 rings (SSSR count). The fraction of sp³-hybridized carbons (Fsp3) is 0.333. The van der Waals surface area contributed by atoms with Crippen LogP contribution in [0, 0.1) is 33.5 Å². The number of nitrogens with zero attached hydrogens (tertiary/aromatic N) is 2. The Kier molecular flexibility index (Phi) is 3.16. The minimum Gasteiger partial charge on any atom is -0.299 e. The van der Waals surface area contributed by atoms with E-state index in [4.69, 9.17) is 11.6 Å². The van der Waals surface area contributed by atoms with E-state index in [1.807, 2.05) is 12.1 Å². The molecular weight excluding hydrogens is 276 g/mol. The number of halogens is 1. The molecule has 0 radical (unpaired) electrons. The Morgan fingerprint density at radius 3 is 1.85 bits per heavy atom. The minimum atomic E-state index is -1.63. The molecule has 0 aromatic heterocycles. The number of ketones is 2. The van der Waals surface area contributed by atoms with Crippen LogP contribution in [0.3, 0.4) is 0 Å². The molecule has 1 aliphatic rings. The second-order valence-electron chi connectivity index (χ2n) is 4.94. The molecule has 20 heavy (non-hydrogen) atoms. The topological polar surface area (TPSA) is 81.7 Å². The average Bonchev–Trinajstić information content (AvgIpc) is 3.05. The van der Waals surface area contributed by atoms with Gasteiger partial charge in [-0.3, -0.25) is 9.59 Å². The molecular formula is C15H11ClN2O2. The van der Waals surface area contributed by atoms with Gasteiger partial charge in [0.15, 0.2) is 5.41 Å². The highest BCUT2D eigenvalue weighted by atomic mass is 35.5. The molecule has 1 aromatic rings. The second-order valence-corrected chi connectivity index (χ2v) is 5.37. The molecule has 1 atom stereocenters. The molecule has 1 aliphatic carbocycles. The molecule has 0 saturated heterocycles. The second kappa shape index (κ2) is 4.44. The summed E-state index contributed by atoms with van der Waals surface area (Å²) < 4.78 is 0. The third-order valence-corrected chi connectivity index (χ3v) is 4.32. The lowest BCUT2D eigenvalue weighted by Crippen LogP contribution is -2.28. The van der Waals surface area contributed by atoms with E-state index >= 15 is 0 Å². The predicted molar refractivity (Wildman–Crippen MR) is 71.6 cm³/mol. The summed E-state index contributed by atoms with van der Waals surface area (Å²) in [7, 11) is 0. The van der Waals surface area contributed by atoms with Crippen molar-refractivity contribution in [1.82, 2.24) is 0 Å². The summed E-state index contributed by atoms with van der Waals surface area (Å²) in [5, 5.41) is 19.3. The van der Waals surface area contributed by atoms with Crippen molar-refractivity contribution in [2.45, 2.75) is 19.8 Å². The van der Waals surface area contributed by atoms with Gasteiger partial charge in [0.05, 0.1) is 12.1 Å². The van der Waals surface area contributed by atoms with Crippen LogP contribution in [0.4, 0.5) is 0 Å². The number of carbonyl (C=O) groups is 2. The Balaban J connectivity index is 2.67. The zero-order valence-electron chi connectivity index (χ0n) is 11.0.